The molecule has 1 amide bonds. The van der Waals surface area contributed by atoms with Gasteiger partial charge in [0, 0.05) is 37.0 Å². The molecule has 7 nitrogen and oxygen atoms in total. The normalized spacial score (nSPS) is 21.9. The maximum absolute atomic E-state index is 14.7. The summed E-state index contributed by atoms with van der Waals surface area (Å²) in [6, 6.07) is -0.852. The Hall–Kier alpha value is -3.57. The van der Waals surface area contributed by atoms with Gasteiger partial charge >= 0.3 is 0 Å². The molecule has 12 heteroatoms. The van der Waals surface area contributed by atoms with Crippen molar-refractivity contribution >= 4 is 24.6 Å². The van der Waals surface area contributed by atoms with Gasteiger partial charge in [0.05, 0.1) is 24.5 Å². The number of carbonyl (C=O) groups excluding carboxylic acids is 1. The Morgan fingerprint density at radius 3 is 2.29 bits per heavy atom. The van der Waals surface area contributed by atoms with Gasteiger partial charge in [-0.25, -0.2) is 26.9 Å². The molecule has 0 bridgehead atoms. The molecule has 0 aromatic heterocycles. The lowest BCUT2D eigenvalue weighted by Gasteiger charge is -2.43. The van der Waals surface area contributed by atoms with Crippen molar-refractivity contribution in [3.05, 3.63) is 58.6 Å². The minimum absolute atomic E-state index is 0.0141. The molecule has 228 valence electrons. The first kappa shape index (κ1) is 35.5. The predicted octanol–water partition coefficient (Wildman–Crippen LogP) is 6.56. The maximum atomic E-state index is 14.7. The van der Waals surface area contributed by atoms with Crippen molar-refractivity contribution in [2.75, 3.05) is 20.2 Å². The van der Waals surface area contributed by atoms with Gasteiger partial charge in [-0.1, -0.05) is 39.0 Å². The Morgan fingerprint density at radius 2 is 1.76 bits per heavy atom. The molecule has 1 fully saturated rings. The number of piperidine rings is 1. The fourth-order valence-corrected chi connectivity index (χ4v) is 4.02. The summed E-state index contributed by atoms with van der Waals surface area (Å²) in [5.41, 5.74) is 5.73. The number of rotatable bonds is 13. The second-order valence-electron chi connectivity index (χ2n) is 9.29. The van der Waals surface area contributed by atoms with E-state index in [1.807, 2.05) is 0 Å². The van der Waals surface area contributed by atoms with Gasteiger partial charge in [0.15, 0.2) is 0 Å². The highest BCUT2D eigenvalue weighted by Gasteiger charge is 2.47. The maximum Gasteiger partial charge on any atom is 0.271 e. The molecular weight excluding hydrogens is 545 g/mol. The quantitative estimate of drug-likeness (QED) is 0.0872. The first-order valence-corrected chi connectivity index (χ1v) is 13.3. The van der Waals surface area contributed by atoms with Gasteiger partial charge in [-0.05, 0) is 38.7 Å². The molecule has 2 atom stereocenters. The van der Waals surface area contributed by atoms with Crippen LogP contribution in [0.4, 0.5) is 22.0 Å². The highest BCUT2D eigenvalue weighted by Crippen LogP contribution is 2.35. The van der Waals surface area contributed by atoms with E-state index in [0.717, 1.165) is 17.3 Å². The molecule has 1 saturated heterocycles. The number of halogens is 5. The average molecular weight is 586 g/mol. The van der Waals surface area contributed by atoms with Crippen LogP contribution in [0.2, 0.25) is 0 Å². The van der Waals surface area contributed by atoms with Gasteiger partial charge in [0.25, 0.3) is 18.3 Å². The lowest BCUT2D eigenvalue weighted by Crippen LogP contribution is -2.57. The molecule has 1 aliphatic heterocycles. The zero-order valence-electron chi connectivity index (χ0n) is 24.4. The Morgan fingerprint density at radius 1 is 1.10 bits per heavy atom. The number of hydrogen-bond acceptors (Lipinski definition) is 6. The molecule has 0 aliphatic carbocycles. The van der Waals surface area contributed by atoms with E-state index in [1.165, 1.54) is 39.3 Å². The van der Waals surface area contributed by atoms with E-state index < -0.39 is 54.7 Å². The third kappa shape index (κ3) is 11.1. The van der Waals surface area contributed by atoms with Crippen molar-refractivity contribution < 1.29 is 31.5 Å². The minimum atomic E-state index is -3.20. The number of nitrogens with zero attached hydrogens (tertiary/aromatic N) is 4. The molecular formula is C29H40F5N5O2. The summed E-state index contributed by atoms with van der Waals surface area (Å²) in [5.74, 6) is -5.43. The van der Waals surface area contributed by atoms with Crippen LogP contribution in [0.25, 0.3) is 0 Å². The first-order valence-electron chi connectivity index (χ1n) is 13.3. The average Bonchev–Trinajstić information content (AvgIpc) is 2.91. The Kier molecular flexibility index (Phi) is 15.0. The van der Waals surface area contributed by atoms with Crippen molar-refractivity contribution in [1.82, 2.24) is 4.90 Å². The fraction of sp³-hybridized carbons (Fsp3) is 0.517. The van der Waals surface area contributed by atoms with Gasteiger partial charge in [-0.2, -0.15) is 0 Å². The van der Waals surface area contributed by atoms with E-state index in [1.54, 1.807) is 32.9 Å². The van der Waals surface area contributed by atoms with E-state index in [0.29, 0.717) is 12.8 Å². The predicted molar refractivity (Wildman–Crippen MR) is 154 cm³/mol. The van der Waals surface area contributed by atoms with Crippen LogP contribution in [0.5, 0.6) is 0 Å². The van der Waals surface area contributed by atoms with Gasteiger partial charge in [-0.3, -0.25) is 14.8 Å². The Labute approximate surface area is 238 Å². The Balaban J connectivity index is 3.49. The summed E-state index contributed by atoms with van der Waals surface area (Å²) < 4.78 is 75.1. The van der Waals surface area contributed by atoms with Crippen molar-refractivity contribution in [2.45, 2.75) is 72.3 Å². The number of allylic oxidation sites excluding steroid dienone is 7. The number of likely N-dealkylation sites (tertiary alicyclic amines) is 1. The summed E-state index contributed by atoms with van der Waals surface area (Å²) in [6.45, 7) is 6.92. The van der Waals surface area contributed by atoms with Crippen LogP contribution in [0, 0.1) is 5.92 Å². The smallest absolute Gasteiger partial charge is 0.271 e. The van der Waals surface area contributed by atoms with Crippen LogP contribution in [0.15, 0.2) is 73.5 Å². The Bertz CT molecular complexity index is 1140. The number of ether oxygens (including phenoxy) is 1. The van der Waals surface area contributed by atoms with Gasteiger partial charge < -0.3 is 15.4 Å². The molecule has 0 radical (unpaired) electrons. The number of alkyl halides is 4. The van der Waals surface area contributed by atoms with E-state index in [9.17, 15) is 26.7 Å². The van der Waals surface area contributed by atoms with Crippen LogP contribution < -0.4 is 5.73 Å². The van der Waals surface area contributed by atoms with Gasteiger partial charge in [0.2, 0.25) is 5.88 Å². The molecule has 0 spiro atoms. The lowest BCUT2D eigenvalue weighted by atomic mass is 9.88. The number of aliphatic imine (C=N–C) groups is 3. The monoisotopic (exact) mass is 585 g/mol. The summed E-state index contributed by atoms with van der Waals surface area (Å²) in [4.78, 5) is 26.6. The van der Waals surface area contributed by atoms with Crippen molar-refractivity contribution in [1.29, 1.82) is 0 Å². The summed E-state index contributed by atoms with van der Waals surface area (Å²) >= 11 is 0. The summed E-state index contributed by atoms with van der Waals surface area (Å²) in [5, 5.41) is 0. The van der Waals surface area contributed by atoms with Crippen LogP contribution in [-0.4, -0.2) is 68.0 Å². The first-order chi connectivity index (χ1) is 19.3. The summed E-state index contributed by atoms with van der Waals surface area (Å²) in [7, 11) is 1.43. The summed E-state index contributed by atoms with van der Waals surface area (Å²) in [6.07, 6.45) is 6.42. The number of amides is 1. The second-order valence-corrected chi connectivity index (χ2v) is 9.29. The zero-order chi connectivity index (χ0) is 31.2. The van der Waals surface area contributed by atoms with Crippen molar-refractivity contribution in [3.63, 3.8) is 0 Å². The number of nitrogens with two attached hydrogens (primary N) is 1. The molecule has 0 aromatic rings. The van der Waals surface area contributed by atoms with Crippen LogP contribution in [0.1, 0.15) is 53.9 Å². The van der Waals surface area contributed by atoms with Crippen LogP contribution >= 0.6 is 0 Å². The second kappa shape index (κ2) is 17.3. The van der Waals surface area contributed by atoms with Crippen LogP contribution in [-0.2, 0) is 9.53 Å². The number of carbonyl (C=O) groups is 1. The molecule has 1 aliphatic rings. The third-order valence-corrected chi connectivity index (χ3v) is 6.10. The molecule has 1 rings (SSSR count). The van der Waals surface area contributed by atoms with E-state index >= 15 is 0 Å². The third-order valence-electron chi connectivity index (χ3n) is 6.10. The van der Waals surface area contributed by atoms with E-state index in [4.69, 9.17) is 10.5 Å². The zero-order valence-corrected chi connectivity index (χ0v) is 24.4. The largest absolute Gasteiger partial charge is 0.476 e. The van der Waals surface area contributed by atoms with Gasteiger partial charge in [0.1, 0.15) is 18.1 Å². The molecule has 2 N–H and O–H groups in total. The van der Waals surface area contributed by atoms with E-state index in [-0.39, 0.29) is 29.3 Å². The van der Waals surface area contributed by atoms with Crippen LogP contribution in [0.3, 0.4) is 0 Å². The van der Waals surface area contributed by atoms with Crippen molar-refractivity contribution in [2.24, 2.45) is 26.6 Å². The van der Waals surface area contributed by atoms with Crippen molar-refractivity contribution in [3.8, 4) is 0 Å². The molecule has 41 heavy (non-hydrogen) atoms. The number of hydrogen-bond donors (Lipinski definition) is 1. The highest BCUT2D eigenvalue weighted by molar-refractivity contribution is 6.02. The minimum Gasteiger partial charge on any atom is -0.476 e. The topological polar surface area (TPSA) is 92.6 Å². The molecule has 0 saturated carbocycles. The molecule has 1 heterocycles. The lowest BCUT2D eigenvalue weighted by molar-refractivity contribution is -0.152. The highest BCUT2D eigenvalue weighted by atomic mass is 19.3. The fourth-order valence-electron chi connectivity index (χ4n) is 4.02. The standard InChI is InChI=1S/C29H40F5N5O2/c1-7-11-23(37-15-21(30)10-4)22(16-36-6)26(35)28(40)39-18-29(33,34)13-19(5)24(39)17-41-25(12-8-2)38-14-20(9-3)27(31)32/h9-12,14-16,19,24,27H,7-8,13,17-18,35H2,1-6H3/b20-9+,21-10+,23-11+,25-12-,26-22?,36-16?,37-15+,38-14+/t19-,24-/m1/s1. The van der Waals surface area contributed by atoms with Gasteiger partial charge in [-0.15, -0.1) is 0 Å². The molecule has 0 unspecified atom stereocenters. The molecule has 0 aromatic carbocycles. The SMILES string of the molecule is C\C=C(F)/C=N/C(=C/CC)C(C=NC)=C(N)C(=O)N1CC(F)(F)C[C@@H](C)[C@H]1COC(=C\CC)/N=C/C(=C\C)C(F)F. The van der Waals surface area contributed by atoms with E-state index in [2.05, 4.69) is 15.0 Å².